The highest BCUT2D eigenvalue weighted by Gasteiger charge is 2.15. The van der Waals surface area contributed by atoms with Gasteiger partial charge < -0.3 is 5.11 Å². The molecule has 0 aromatic carbocycles. The lowest BCUT2D eigenvalue weighted by molar-refractivity contribution is -0.138. The van der Waals surface area contributed by atoms with Crippen molar-refractivity contribution >= 4 is 5.97 Å². The van der Waals surface area contributed by atoms with Gasteiger partial charge in [0.2, 0.25) is 0 Å². The van der Waals surface area contributed by atoms with E-state index in [0.717, 1.165) is 5.92 Å². The van der Waals surface area contributed by atoms with Gasteiger partial charge in [-0.25, -0.2) is 0 Å². The summed E-state index contributed by atoms with van der Waals surface area (Å²) in [7, 11) is 0. The van der Waals surface area contributed by atoms with Crippen LogP contribution in [0.3, 0.4) is 0 Å². The predicted octanol–water partition coefficient (Wildman–Crippen LogP) is 6.29. The largest absolute Gasteiger partial charge is 0.481 e. The van der Waals surface area contributed by atoms with Crippen LogP contribution in [-0.2, 0) is 4.79 Å². The Morgan fingerprint density at radius 1 is 0.810 bits per heavy atom. The highest BCUT2D eigenvalue weighted by atomic mass is 16.4. The van der Waals surface area contributed by atoms with Gasteiger partial charge in [-0.15, -0.1) is 0 Å². The van der Waals surface area contributed by atoms with Crippen molar-refractivity contribution in [3.63, 3.8) is 0 Å². The van der Waals surface area contributed by atoms with Crippen LogP contribution in [0, 0.1) is 17.8 Å². The molecule has 0 amide bonds. The first-order valence-corrected chi connectivity index (χ1v) is 9.19. The van der Waals surface area contributed by atoms with Crippen LogP contribution in [0.5, 0.6) is 0 Å². The van der Waals surface area contributed by atoms with Crippen LogP contribution >= 0.6 is 0 Å². The molecule has 0 bridgehead atoms. The smallest absolute Gasteiger partial charge is 0.303 e. The number of unbranched alkanes of at least 4 members (excludes halogenated alkanes) is 5. The summed E-state index contributed by atoms with van der Waals surface area (Å²) in [4.78, 5) is 10.7. The van der Waals surface area contributed by atoms with Gasteiger partial charge in [-0.1, -0.05) is 91.9 Å². The summed E-state index contributed by atoms with van der Waals surface area (Å²) in [6, 6.07) is 0. The first-order chi connectivity index (χ1) is 9.97. The first-order valence-electron chi connectivity index (χ1n) is 9.19. The highest BCUT2D eigenvalue weighted by Crippen LogP contribution is 2.23. The lowest BCUT2D eigenvalue weighted by Crippen LogP contribution is -2.13. The van der Waals surface area contributed by atoms with Crippen LogP contribution in [-0.4, -0.2) is 11.1 Å². The molecular formula is C19H38O2. The Balaban J connectivity index is 3.51. The zero-order valence-corrected chi connectivity index (χ0v) is 14.9. The molecule has 2 nitrogen and oxygen atoms in total. The number of rotatable bonds is 14. The maximum absolute atomic E-state index is 10.7. The summed E-state index contributed by atoms with van der Waals surface area (Å²) >= 11 is 0. The second kappa shape index (κ2) is 13.2. The third-order valence-electron chi connectivity index (χ3n) is 4.87. The number of aliphatic carboxylic acids is 1. The lowest BCUT2D eigenvalue weighted by Gasteiger charge is -2.19. The molecule has 0 heterocycles. The van der Waals surface area contributed by atoms with Gasteiger partial charge >= 0.3 is 5.97 Å². The zero-order valence-electron chi connectivity index (χ0n) is 14.9. The molecule has 0 saturated carbocycles. The molecule has 0 fully saturated rings. The monoisotopic (exact) mass is 298 g/mol. The van der Waals surface area contributed by atoms with Gasteiger partial charge in [-0.05, 0) is 17.8 Å². The minimum Gasteiger partial charge on any atom is -0.481 e. The van der Waals surface area contributed by atoms with E-state index in [9.17, 15) is 4.79 Å². The minimum atomic E-state index is -0.661. The van der Waals surface area contributed by atoms with Crippen LogP contribution in [0.2, 0.25) is 0 Å². The number of hydrogen-bond acceptors (Lipinski definition) is 1. The molecule has 0 spiro atoms. The average molecular weight is 299 g/mol. The van der Waals surface area contributed by atoms with Crippen molar-refractivity contribution in [3.05, 3.63) is 0 Å². The van der Waals surface area contributed by atoms with Gasteiger partial charge in [0.25, 0.3) is 0 Å². The maximum Gasteiger partial charge on any atom is 0.303 e. The van der Waals surface area contributed by atoms with Crippen molar-refractivity contribution in [2.45, 2.75) is 98.3 Å². The van der Waals surface area contributed by atoms with Gasteiger partial charge in [0.1, 0.15) is 0 Å². The average Bonchev–Trinajstić information content (AvgIpc) is 2.41. The van der Waals surface area contributed by atoms with E-state index < -0.39 is 5.97 Å². The summed E-state index contributed by atoms with van der Waals surface area (Å²) in [5.41, 5.74) is 0. The predicted molar refractivity (Wildman–Crippen MR) is 91.6 cm³/mol. The Labute approximate surface area is 132 Å². The molecular weight excluding hydrogens is 260 g/mol. The Bertz CT molecular complexity index is 250. The Morgan fingerprint density at radius 2 is 1.38 bits per heavy atom. The van der Waals surface area contributed by atoms with Crippen LogP contribution < -0.4 is 0 Å². The normalized spacial score (nSPS) is 15.6. The van der Waals surface area contributed by atoms with Crippen molar-refractivity contribution in [2.75, 3.05) is 0 Å². The minimum absolute atomic E-state index is 0.302. The molecule has 0 aliphatic heterocycles. The van der Waals surface area contributed by atoms with Gasteiger partial charge in [0.05, 0.1) is 0 Å². The van der Waals surface area contributed by atoms with Crippen molar-refractivity contribution in [1.29, 1.82) is 0 Å². The van der Waals surface area contributed by atoms with E-state index in [0.29, 0.717) is 18.3 Å². The van der Waals surface area contributed by atoms with Gasteiger partial charge in [0.15, 0.2) is 0 Å². The zero-order chi connectivity index (χ0) is 16.1. The summed E-state index contributed by atoms with van der Waals surface area (Å²) in [6.45, 7) is 8.91. The molecule has 1 N–H and O–H groups in total. The summed E-state index contributed by atoms with van der Waals surface area (Å²) in [5.74, 6) is 1.00. The van der Waals surface area contributed by atoms with Gasteiger partial charge in [-0.3, -0.25) is 4.79 Å². The molecule has 0 aromatic rings. The molecule has 0 rings (SSSR count). The van der Waals surface area contributed by atoms with E-state index in [4.69, 9.17) is 5.11 Å². The molecule has 0 radical (unpaired) electrons. The van der Waals surface area contributed by atoms with E-state index in [1.807, 2.05) is 0 Å². The van der Waals surface area contributed by atoms with E-state index >= 15 is 0 Å². The SMILES string of the molecule is CCCCCCCCC(C)CCCC(C)C(C)CC(=O)O. The molecule has 3 atom stereocenters. The van der Waals surface area contributed by atoms with Crippen molar-refractivity contribution in [3.8, 4) is 0 Å². The van der Waals surface area contributed by atoms with Gasteiger partial charge in [0, 0.05) is 6.42 Å². The second-order valence-electron chi connectivity index (χ2n) is 7.14. The van der Waals surface area contributed by atoms with E-state index in [1.54, 1.807) is 0 Å². The molecule has 21 heavy (non-hydrogen) atoms. The summed E-state index contributed by atoms with van der Waals surface area (Å²) in [5, 5.41) is 8.82. The van der Waals surface area contributed by atoms with Crippen molar-refractivity contribution in [2.24, 2.45) is 17.8 Å². The van der Waals surface area contributed by atoms with Crippen molar-refractivity contribution < 1.29 is 9.90 Å². The highest BCUT2D eigenvalue weighted by molar-refractivity contribution is 5.66. The molecule has 0 aliphatic rings. The van der Waals surface area contributed by atoms with Crippen LogP contribution in [0.15, 0.2) is 0 Å². The Hall–Kier alpha value is -0.530. The standard InChI is InChI=1S/C19H38O2/c1-5-6-7-8-9-10-12-16(2)13-11-14-17(3)18(4)15-19(20)21/h16-18H,5-15H2,1-4H3,(H,20,21). The molecule has 2 heteroatoms. The molecule has 0 saturated heterocycles. The third-order valence-corrected chi connectivity index (χ3v) is 4.87. The summed E-state index contributed by atoms with van der Waals surface area (Å²) in [6.07, 6.45) is 13.7. The molecule has 0 aromatic heterocycles. The fourth-order valence-corrected chi connectivity index (χ4v) is 2.97. The Morgan fingerprint density at radius 3 is 2.00 bits per heavy atom. The topological polar surface area (TPSA) is 37.3 Å². The van der Waals surface area contributed by atoms with E-state index in [-0.39, 0.29) is 0 Å². The number of hydrogen-bond donors (Lipinski definition) is 1. The second-order valence-corrected chi connectivity index (χ2v) is 7.14. The molecule has 0 aliphatic carbocycles. The molecule has 3 unspecified atom stereocenters. The van der Waals surface area contributed by atoms with E-state index in [2.05, 4.69) is 27.7 Å². The van der Waals surface area contributed by atoms with Crippen LogP contribution in [0.4, 0.5) is 0 Å². The number of carboxylic acid groups (broad SMARTS) is 1. The number of carboxylic acids is 1. The molecule has 126 valence electrons. The maximum atomic E-state index is 10.7. The quantitative estimate of drug-likeness (QED) is 0.383. The summed E-state index contributed by atoms with van der Waals surface area (Å²) < 4.78 is 0. The first kappa shape index (κ1) is 20.5. The van der Waals surface area contributed by atoms with Crippen LogP contribution in [0.1, 0.15) is 98.3 Å². The fraction of sp³-hybridized carbons (Fsp3) is 0.947. The van der Waals surface area contributed by atoms with E-state index in [1.165, 1.54) is 64.2 Å². The third kappa shape index (κ3) is 12.9. The fourth-order valence-electron chi connectivity index (χ4n) is 2.97. The Kier molecular flexibility index (Phi) is 12.8. The van der Waals surface area contributed by atoms with Crippen LogP contribution in [0.25, 0.3) is 0 Å². The van der Waals surface area contributed by atoms with Crippen molar-refractivity contribution in [1.82, 2.24) is 0 Å². The van der Waals surface area contributed by atoms with Gasteiger partial charge in [-0.2, -0.15) is 0 Å². The number of carbonyl (C=O) groups is 1. The lowest BCUT2D eigenvalue weighted by atomic mass is 9.87.